The normalized spacial score (nSPS) is 10.4. The van der Waals surface area contributed by atoms with Crippen LogP contribution in [0.3, 0.4) is 0 Å². The van der Waals surface area contributed by atoms with E-state index in [1.165, 1.54) is 12.1 Å². The van der Waals surface area contributed by atoms with Crippen LogP contribution in [0.1, 0.15) is 10.4 Å². The molecule has 0 aliphatic carbocycles. The first kappa shape index (κ1) is 8.55. The van der Waals surface area contributed by atoms with E-state index in [1.54, 1.807) is 0 Å². The van der Waals surface area contributed by atoms with Gasteiger partial charge < -0.3 is 5.11 Å². The maximum Gasteiger partial charge on any atom is 0.338 e. The number of aromatic carboxylic acids is 1. The molecule has 70 valence electrons. The molecular formula is C9H5FN2O2. The Morgan fingerprint density at radius 3 is 2.93 bits per heavy atom. The quantitative estimate of drug-likeness (QED) is 0.743. The van der Waals surface area contributed by atoms with Crippen molar-refractivity contribution in [2.45, 2.75) is 0 Å². The number of carboxylic acid groups (broad SMARTS) is 1. The van der Waals surface area contributed by atoms with E-state index in [-0.39, 0.29) is 11.1 Å². The SMILES string of the molecule is O=C(O)c1cnnc2cc(F)ccc12. The van der Waals surface area contributed by atoms with Crippen molar-refractivity contribution < 1.29 is 14.3 Å². The predicted molar refractivity (Wildman–Crippen MR) is 46.5 cm³/mol. The molecule has 5 heteroatoms. The van der Waals surface area contributed by atoms with E-state index in [0.29, 0.717) is 5.39 Å². The summed E-state index contributed by atoms with van der Waals surface area (Å²) in [7, 11) is 0. The smallest absolute Gasteiger partial charge is 0.338 e. The topological polar surface area (TPSA) is 63.1 Å². The average Bonchev–Trinajstić information content (AvgIpc) is 2.16. The Kier molecular flexibility index (Phi) is 1.85. The molecule has 0 fully saturated rings. The number of halogens is 1. The molecule has 0 unspecified atom stereocenters. The zero-order valence-electron chi connectivity index (χ0n) is 6.94. The third-order valence-electron chi connectivity index (χ3n) is 1.83. The fourth-order valence-corrected chi connectivity index (χ4v) is 1.20. The summed E-state index contributed by atoms with van der Waals surface area (Å²) in [4.78, 5) is 10.7. The fraction of sp³-hybridized carbons (Fsp3) is 0. The Hall–Kier alpha value is -2.04. The van der Waals surface area contributed by atoms with Gasteiger partial charge in [-0.1, -0.05) is 0 Å². The Balaban J connectivity index is 2.81. The van der Waals surface area contributed by atoms with Crippen molar-refractivity contribution in [1.82, 2.24) is 10.2 Å². The summed E-state index contributed by atoms with van der Waals surface area (Å²) in [5.74, 6) is -1.56. The number of carbonyl (C=O) groups is 1. The van der Waals surface area contributed by atoms with Crippen molar-refractivity contribution in [3.8, 4) is 0 Å². The van der Waals surface area contributed by atoms with Gasteiger partial charge in [0.2, 0.25) is 0 Å². The van der Waals surface area contributed by atoms with Crippen molar-refractivity contribution >= 4 is 16.9 Å². The minimum Gasteiger partial charge on any atom is -0.478 e. The van der Waals surface area contributed by atoms with Gasteiger partial charge in [0, 0.05) is 11.5 Å². The van der Waals surface area contributed by atoms with Gasteiger partial charge in [0.1, 0.15) is 5.82 Å². The minimum absolute atomic E-state index is 0.0231. The van der Waals surface area contributed by atoms with Gasteiger partial charge in [0.15, 0.2) is 0 Å². The molecule has 0 amide bonds. The van der Waals surface area contributed by atoms with E-state index in [4.69, 9.17) is 5.11 Å². The molecule has 0 saturated heterocycles. The standard InChI is InChI=1S/C9H5FN2O2/c10-5-1-2-6-7(9(13)14)4-11-12-8(6)3-5/h1-4H,(H,13,14). The summed E-state index contributed by atoms with van der Waals surface area (Å²) in [6.07, 6.45) is 1.14. The largest absolute Gasteiger partial charge is 0.478 e. The van der Waals surface area contributed by atoms with Crippen LogP contribution in [0.25, 0.3) is 10.9 Å². The summed E-state index contributed by atoms with van der Waals surface area (Å²) in [5, 5.41) is 16.3. The molecule has 1 heterocycles. The summed E-state index contributed by atoms with van der Waals surface area (Å²) in [5.41, 5.74) is 0.264. The number of hydrogen-bond acceptors (Lipinski definition) is 3. The van der Waals surface area contributed by atoms with E-state index < -0.39 is 11.8 Å². The molecule has 2 aromatic rings. The predicted octanol–water partition coefficient (Wildman–Crippen LogP) is 1.47. The first-order valence-corrected chi connectivity index (χ1v) is 3.83. The van der Waals surface area contributed by atoms with Gasteiger partial charge in [-0.25, -0.2) is 9.18 Å². The highest BCUT2D eigenvalue weighted by molar-refractivity contribution is 6.01. The van der Waals surface area contributed by atoms with Crippen LogP contribution in [0.15, 0.2) is 24.4 Å². The lowest BCUT2D eigenvalue weighted by atomic mass is 10.1. The molecule has 2 rings (SSSR count). The van der Waals surface area contributed by atoms with Crippen LogP contribution in [-0.4, -0.2) is 21.3 Å². The molecule has 0 bridgehead atoms. The number of fused-ring (bicyclic) bond motifs is 1. The molecule has 0 spiro atoms. The Morgan fingerprint density at radius 2 is 2.21 bits per heavy atom. The summed E-state index contributed by atoms with van der Waals surface area (Å²) in [6, 6.07) is 3.72. The van der Waals surface area contributed by atoms with Crippen LogP contribution >= 0.6 is 0 Å². The zero-order valence-corrected chi connectivity index (χ0v) is 6.94. The van der Waals surface area contributed by atoms with Crippen LogP contribution in [-0.2, 0) is 0 Å². The third kappa shape index (κ3) is 1.28. The van der Waals surface area contributed by atoms with Crippen LogP contribution in [0, 0.1) is 5.82 Å². The van der Waals surface area contributed by atoms with Crippen LogP contribution < -0.4 is 0 Å². The highest BCUT2D eigenvalue weighted by atomic mass is 19.1. The van der Waals surface area contributed by atoms with Crippen molar-refractivity contribution in [2.24, 2.45) is 0 Å². The van der Waals surface area contributed by atoms with E-state index in [1.807, 2.05) is 0 Å². The molecule has 0 atom stereocenters. The number of rotatable bonds is 1. The van der Waals surface area contributed by atoms with Crippen molar-refractivity contribution in [3.63, 3.8) is 0 Å². The highest BCUT2D eigenvalue weighted by Crippen LogP contribution is 2.16. The second-order valence-electron chi connectivity index (χ2n) is 2.72. The lowest BCUT2D eigenvalue weighted by Crippen LogP contribution is -2.00. The maximum absolute atomic E-state index is 12.8. The Bertz CT molecular complexity index is 513. The van der Waals surface area contributed by atoms with Crippen LogP contribution in [0.5, 0.6) is 0 Å². The molecule has 1 aromatic heterocycles. The Morgan fingerprint density at radius 1 is 1.43 bits per heavy atom. The lowest BCUT2D eigenvalue weighted by Gasteiger charge is -1.99. The van der Waals surface area contributed by atoms with Crippen molar-refractivity contribution in [2.75, 3.05) is 0 Å². The van der Waals surface area contributed by atoms with E-state index in [2.05, 4.69) is 10.2 Å². The van der Waals surface area contributed by atoms with Gasteiger partial charge in [-0.05, 0) is 12.1 Å². The molecule has 0 saturated carbocycles. The number of nitrogens with zero attached hydrogens (tertiary/aromatic N) is 2. The fourth-order valence-electron chi connectivity index (χ4n) is 1.20. The molecule has 0 aliphatic heterocycles. The Labute approximate surface area is 78.0 Å². The average molecular weight is 192 g/mol. The first-order valence-electron chi connectivity index (χ1n) is 3.83. The van der Waals surface area contributed by atoms with Crippen LogP contribution in [0.4, 0.5) is 4.39 Å². The first-order chi connectivity index (χ1) is 6.68. The van der Waals surface area contributed by atoms with Crippen LogP contribution in [0.2, 0.25) is 0 Å². The zero-order chi connectivity index (χ0) is 10.1. The van der Waals surface area contributed by atoms with Gasteiger partial charge in [-0.2, -0.15) is 10.2 Å². The number of carboxylic acids is 1. The summed E-state index contributed by atoms with van der Waals surface area (Å²) >= 11 is 0. The maximum atomic E-state index is 12.8. The molecule has 0 radical (unpaired) electrons. The molecule has 1 N–H and O–H groups in total. The second kappa shape index (κ2) is 3.02. The molecular weight excluding hydrogens is 187 g/mol. The molecule has 4 nitrogen and oxygen atoms in total. The van der Waals surface area contributed by atoms with Gasteiger partial charge in [0.25, 0.3) is 0 Å². The molecule has 1 aromatic carbocycles. The van der Waals surface area contributed by atoms with E-state index in [9.17, 15) is 9.18 Å². The number of benzene rings is 1. The number of aromatic nitrogens is 2. The van der Waals surface area contributed by atoms with Gasteiger partial charge in [-0.3, -0.25) is 0 Å². The highest BCUT2D eigenvalue weighted by Gasteiger charge is 2.09. The van der Waals surface area contributed by atoms with Gasteiger partial charge in [-0.15, -0.1) is 0 Å². The number of hydrogen-bond donors (Lipinski definition) is 1. The lowest BCUT2D eigenvalue weighted by molar-refractivity contribution is 0.0698. The van der Waals surface area contributed by atoms with E-state index >= 15 is 0 Å². The van der Waals surface area contributed by atoms with Gasteiger partial charge in [0.05, 0.1) is 17.3 Å². The minimum atomic E-state index is -1.10. The molecule has 0 aliphatic rings. The summed E-state index contributed by atoms with van der Waals surface area (Å²) in [6.45, 7) is 0. The second-order valence-corrected chi connectivity index (χ2v) is 2.72. The van der Waals surface area contributed by atoms with Gasteiger partial charge >= 0.3 is 5.97 Å². The van der Waals surface area contributed by atoms with Crippen molar-refractivity contribution in [3.05, 3.63) is 35.8 Å². The summed E-state index contributed by atoms with van der Waals surface area (Å²) < 4.78 is 12.8. The molecule has 14 heavy (non-hydrogen) atoms. The monoisotopic (exact) mass is 192 g/mol. The van der Waals surface area contributed by atoms with Crippen molar-refractivity contribution in [1.29, 1.82) is 0 Å². The van der Waals surface area contributed by atoms with E-state index in [0.717, 1.165) is 12.3 Å². The third-order valence-corrected chi connectivity index (χ3v) is 1.83.